The molecule has 1 aromatic heterocycles. The Hall–Kier alpha value is -2.12. The molecule has 1 aliphatic rings. The third-order valence-corrected chi connectivity index (χ3v) is 6.37. The zero-order chi connectivity index (χ0) is 19.9. The number of thiazole rings is 1. The Morgan fingerprint density at radius 3 is 2.61 bits per heavy atom. The first-order chi connectivity index (χ1) is 13.3. The molecule has 28 heavy (non-hydrogen) atoms. The lowest BCUT2D eigenvalue weighted by molar-refractivity contribution is -0.137. The summed E-state index contributed by atoms with van der Waals surface area (Å²) < 4.78 is 39.7. The molecule has 2 aromatic carbocycles. The second-order valence-electron chi connectivity index (χ2n) is 6.81. The fourth-order valence-electron chi connectivity index (χ4n) is 3.43. The Morgan fingerprint density at radius 2 is 1.89 bits per heavy atom. The van der Waals surface area contributed by atoms with E-state index >= 15 is 0 Å². The van der Waals surface area contributed by atoms with E-state index in [1.807, 2.05) is 18.2 Å². The molecule has 1 fully saturated rings. The van der Waals surface area contributed by atoms with Crippen molar-refractivity contribution >= 4 is 39.1 Å². The first-order valence-corrected chi connectivity index (χ1v) is 10.0. The van der Waals surface area contributed by atoms with Gasteiger partial charge in [-0.25, -0.2) is 4.98 Å². The van der Waals surface area contributed by atoms with Crippen LogP contribution in [0, 0.1) is 0 Å². The number of hydrogen-bond donors (Lipinski definition) is 0. The van der Waals surface area contributed by atoms with Gasteiger partial charge in [0.25, 0.3) is 5.91 Å². The fraction of sp³-hybridized carbons (Fsp3) is 0.300. The maximum atomic E-state index is 12.9. The zero-order valence-corrected chi connectivity index (χ0v) is 16.2. The van der Waals surface area contributed by atoms with Crippen LogP contribution in [0.25, 0.3) is 10.2 Å². The Labute approximate surface area is 168 Å². The normalized spacial score (nSPS) is 15.9. The SMILES string of the molecule is O=C(c1cccc(C(F)(F)F)c1)N1CCC(c2nc3cc(Cl)ccc3s2)CC1. The molecular formula is C20H16ClF3N2OS. The van der Waals surface area contributed by atoms with Crippen LogP contribution >= 0.6 is 22.9 Å². The third-order valence-electron chi connectivity index (χ3n) is 4.93. The number of fused-ring (bicyclic) bond motifs is 1. The number of aromatic nitrogens is 1. The third kappa shape index (κ3) is 3.86. The zero-order valence-electron chi connectivity index (χ0n) is 14.7. The highest BCUT2D eigenvalue weighted by molar-refractivity contribution is 7.18. The molecule has 2 heterocycles. The molecule has 0 bridgehead atoms. The van der Waals surface area contributed by atoms with Gasteiger partial charge in [-0.05, 0) is 49.2 Å². The van der Waals surface area contributed by atoms with Crippen LogP contribution in [0.4, 0.5) is 13.2 Å². The number of alkyl halides is 3. The van der Waals surface area contributed by atoms with Crippen LogP contribution in [0.3, 0.4) is 0 Å². The molecule has 0 atom stereocenters. The largest absolute Gasteiger partial charge is 0.416 e. The van der Waals surface area contributed by atoms with Crippen molar-refractivity contribution in [1.29, 1.82) is 0 Å². The van der Waals surface area contributed by atoms with E-state index in [4.69, 9.17) is 11.6 Å². The first kappa shape index (κ1) is 19.2. The van der Waals surface area contributed by atoms with E-state index in [2.05, 4.69) is 4.98 Å². The lowest BCUT2D eigenvalue weighted by Gasteiger charge is -2.31. The number of halogens is 4. The van der Waals surface area contributed by atoms with Gasteiger partial charge in [-0.1, -0.05) is 17.7 Å². The highest BCUT2D eigenvalue weighted by atomic mass is 35.5. The molecule has 0 spiro atoms. The number of amides is 1. The van der Waals surface area contributed by atoms with Crippen molar-refractivity contribution in [3.63, 3.8) is 0 Å². The molecule has 3 aromatic rings. The molecule has 1 aliphatic heterocycles. The van der Waals surface area contributed by atoms with Crippen LogP contribution in [0.2, 0.25) is 5.02 Å². The topological polar surface area (TPSA) is 33.2 Å². The predicted octanol–water partition coefficient (Wildman–Crippen LogP) is 5.99. The highest BCUT2D eigenvalue weighted by Gasteiger charge is 2.32. The molecule has 4 rings (SSSR count). The van der Waals surface area contributed by atoms with Gasteiger partial charge in [0.1, 0.15) is 0 Å². The average molecular weight is 425 g/mol. The molecule has 0 aliphatic carbocycles. The van der Waals surface area contributed by atoms with Crippen LogP contribution in [-0.2, 0) is 6.18 Å². The predicted molar refractivity (Wildman–Crippen MR) is 104 cm³/mol. The molecule has 0 unspecified atom stereocenters. The molecule has 0 saturated carbocycles. The molecule has 8 heteroatoms. The van der Waals surface area contributed by atoms with Crippen LogP contribution in [0.5, 0.6) is 0 Å². The summed E-state index contributed by atoms with van der Waals surface area (Å²) in [7, 11) is 0. The van der Waals surface area contributed by atoms with Crippen molar-refractivity contribution in [2.75, 3.05) is 13.1 Å². The van der Waals surface area contributed by atoms with Crippen LogP contribution < -0.4 is 0 Å². The number of hydrogen-bond acceptors (Lipinski definition) is 3. The minimum atomic E-state index is -4.46. The second kappa shape index (κ2) is 7.37. The van der Waals surface area contributed by atoms with Gasteiger partial charge in [0.05, 0.1) is 20.8 Å². The van der Waals surface area contributed by atoms with Gasteiger partial charge < -0.3 is 4.90 Å². The van der Waals surface area contributed by atoms with E-state index < -0.39 is 11.7 Å². The summed E-state index contributed by atoms with van der Waals surface area (Å²) in [4.78, 5) is 18.9. The van der Waals surface area contributed by atoms with Crippen LogP contribution in [0.15, 0.2) is 42.5 Å². The Kier molecular flexibility index (Phi) is 5.05. The Balaban J connectivity index is 1.45. The van der Waals surface area contributed by atoms with E-state index in [9.17, 15) is 18.0 Å². The van der Waals surface area contributed by atoms with Gasteiger partial charge in [-0.2, -0.15) is 13.2 Å². The molecule has 1 saturated heterocycles. The van der Waals surface area contributed by atoms with Crippen molar-refractivity contribution in [3.05, 3.63) is 63.6 Å². The van der Waals surface area contributed by atoms with E-state index in [0.717, 1.165) is 40.2 Å². The fourth-order valence-corrected chi connectivity index (χ4v) is 4.72. The van der Waals surface area contributed by atoms with E-state index in [-0.39, 0.29) is 17.4 Å². The van der Waals surface area contributed by atoms with E-state index in [1.54, 1.807) is 16.2 Å². The lowest BCUT2D eigenvalue weighted by Crippen LogP contribution is -2.38. The van der Waals surface area contributed by atoms with Crippen molar-refractivity contribution in [1.82, 2.24) is 9.88 Å². The molecule has 1 amide bonds. The monoisotopic (exact) mass is 424 g/mol. The summed E-state index contributed by atoms with van der Waals surface area (Å²) in [5.74, 6) is -0.123. The first-order valence-electron chi connectivity index (χ1n) is 8.84. The number of carbonyl (C=O) groups is 1. The average Bonchev–Trinajstić information content (AvgIpc) is 3.10. The summed E-state index contributed by atoms with van der Waals surface area (Å²) >= 11 is 7.64. The van der Waals surface area contributed by atoms with Gasteiger partial charge in [0.2, 0.25) is 0 Å². The minimum absolute atomic E-state index is 0.0721. The number of likely N-dealkylation sites (tertiary alicyclic amines) is 1. The van der Waals surface area contributed by atoms with E-state index in [0.29, 0.717) is 18.1 Å². The molecular weight excluding hydrogens is 409 g/mol. The van der Waals surface area contributed by atoms with Crippen molar-refractivity contribution in [3.8, 4) is 0 Å². The Morgan fingerprint density at radius 1 is 1.14 bits per heavy atom. The number of nitrogens with zero attached hydrogens (tertiary/aromatic N) is 2. The lowest BCUT2D eigenvalue weighted by atomic mass is 9.97. The van der Waals surface area contributed by atoms with Gasteiger partial charge in [0.15, 0.2) is 0 Å². The number of piperidine rings is 1. The summed E-state index contributed by atoms with van der Waals surface area (Å²) in [5, 5.41) is 1.66. The maximum Gasteiger partial charge on any atom is 0.416 e. The minimum Gasteiger partial charge on any atom is -0.339 e. The number of benzene rings is 2. The highest BCUT2D eigenvalue weighted by Crippen LogP contribution is 2.35. The smallest absolute Gasteiger partial charge is 0.339 e. The summed E-state index contributed by atoms with van der Waals surface area (Å²) in [6.07, 6.45) is -2.99. The van der Waals surface area contributed by atoms with E-state index in [1.165, 1.54) is 12.1 Å². The summed E-state index contributed by atoms with van der Waals surface area (Å²) in [6.45, 7) is 0.993. The van der Waals surface area contributed by atoms with Crippen LogP contribution in [0.1, 0.15) is 39.7 Å². The van der Waals surface area contributed by atoms with Gasteiger partial charge >= 0.3 is 6.18 Å². The second-order valence-corrected chi connectivity index (χ2v) is 8.31. The van der Waals surface area contributed by atoms with Crippen molar-refractivity contribution in [2.45, 2.75) is 24.9 Å². The van der Waals surface area contributed by atoms with Crippen molar-refractivity contribution < 1.29 is 18.0 Å². The van der Waals surface area contributed by atoms with Crippen molar-refractivity contribution in [2.24, 2.45) is 0 Å². The standard InChI is InChI=1S/C20H16ClF3N2OS/c21-15-4-5-17-16(11-15)25-18(28-17)12-6-8-26(9-7-12)19(27)13-2-1-3-14(10-13)20(22,23)24/h1-5,10-12H,6-9H2. The van der Waals surface area contributed by atoms with Crippen LogP contribution in [-0.4, -0.2) is 28.9 Å². The molecule has 0 N–H and O–H groups in total. The van der Waals surface area contributed by atoms with Gasteiger partial charge in [-0.3, -0.25) is 4.79 Å². The van der Waals surface area contributed by atoms with Gasteiger partial charge in [-0.15, -0.1) is 11.3 Å². The Bertz CT molecular complexity index is 1030. The molecule has 0 radical (unpaired) electrons. The molecule has 3 nitrogen and oxygen atoms in total. The maximum absolute atomic E-state index is 12.9. The quantitative estimate of drug-likeness (QED) is 0.506. The molecule has 146 valence electrons. The van der Waals surface area contributed by atoms with Gasteiger partial charge in [0, 0.05) is 29.6 Å². The summed E-state index contributed by atoms with van der Waals surface area (Å²) in [5.41, 5.74) is 0.138. The summed E-state index contributed by atoms with van der Waals surface area (Å²) in [6, 6.07) is 10.2. The number of carbonyl (C=O) groups excluding carboxylic acids is 1. The number of rotatable bonds is 2.